The Kier molecular flexibility index (Phi) is 14.8. The second kappa shape index (κ2) is 19.1. The summed E-state index contributed by atoms with van der Waals surface area (Å²) in [5.41, 5.74) is 7.70. The van der Waals surface area contributed by atoms with Crippen molar-refractivity contribution in [3.8, 4) is 0 Å². The van der Waals surface area contributed by atoms with Crippen molar-refractivity contribution in [3.63, 3.8) is 0 Å². The molecule has 3 aliphatic rings. The standard InChI is InChI=1S/C47H57N4O6.Mg/c1-10-14-25(4)15-13-16-26(5)19-20-57-40(53)18-17-32-28(7)35-21-34-27(6)30(11-2)37(48-34)23-39-33(24-52)31(12-3)38(49-39)22-36-29(8)41-45(51-36)42(44(32)50-35)43(46(41)54)47(55)56-9;/h11,21-26,28,32,43H,2,10,12-20H2,1,3-9H3,(H-,50,51,52,54);/q-3;+2/p-1/b35-21-,39-23-;/t25-,26?,28+,32+,43-;/m1./s1. The predicted octanol–water partition coefficient (Wildman–Crippen LogP) is 7.12. The number of aromatic nitrogens is 3. The number of fused-ring (bicyclic) bond motifs is 7. The smallest absolute Gasteiger partial charge is 0.664 e. The van der Waals surface area contributed by atoms with Gasteiger partial charge in [0.2, 0.25) is 0 Å². The van der Waals surface area contributed by atoms with E-state index < -0.39 is 17.7 Å². The molecule has 1 saturated heterocycles. The van der Waals surface area contributed by atoms with Crippen molar-refractivity contribution >= 4 is 76.9 Å². The summed E-state index contributed by atoms with van der Waals surface area (Å²) in [4.78, 5) is 68.5. The number of ether oxygens (including phenoxy) is 2. The number of hydrogen-bond donors (Lipinski definition) is 0. The van der Waals surface area contributed by atoms with Gasteiger partial charge in [0.25, 0.3) is 0 Å². The van der Waals surface area contributed by atoms with Crippen LogP contribution in [0.5, 0.6) is 0 Å². The van der Waals surface area contributed by atoms with Crippen molar-refractivity contribution in [3.05, 3.63) is 90.1 Å². The summed E-state index contributed by atoms with van der Waals surface area (Å²) in [5.74, 6) is -1.98. The molecule has 5 atom stereocenters. The van der Waals surface area contributed by atoms with Gasteiger partial charge in [-0.05, 0) is 62.3 Å². The van der Waals surface area contributed by atoms with E-state index in [1.54, 1.807) is 12.2 Å². The van der Waals surface area contributed by atoms with Crippen LogP contribution in [0.15, 0.2) is 18.0 Å². The van der Waals surface area contributed by atoms with Gasteiger partial charge in [0.15, 0.2) is 5.78 Å². The van der Waals surface area contributed by atoms with Gasteiger partial charge in [-0.25, -0.2) is 0 Å². The number of hydrogen-bond acceptors (Lipinski definition) is 6. The fourth-order valence-electron chi connectivity index (χ4n) is 8.91. The Morgan fingerprint density at radius 1 is 0.914 bits per heavy atom. The number of ketones is 1. The van der Waals surface area contributed by atoms with E-state index in [-0.39, 0.29) is 47.3 Å². The van der Waals surface area contributed by atoms with Crippen LogP contribution in [-0.2, 0) is 25.5 Å². The number of allylic oxidation sites excluding steroid dienone is 2. The van der Waals surface area contributed by atoms with Crippen LogP contribution in [0.25, 0.3) is 35.2 Å². The van der Waals surface area contributed by atoms with Gasteiger partial charge in [-0.3, -0.25) is 19.2 Å². The number of carbonyl (C=O) groups excluding carboxylic acids is 4. The molecule has 11 heteroatoms. The summed E-state index contributed by atoms with van der Waals surface area (Å²) in [7, 11) is 1.27. The van der Waals surface area contributed by atoms with Gasteiger partial charge in [0.05, 0.1) is 13.7 Å². The first-order chi connectivity index (χ1) is 27.4. The van der Waals surface area contributed by atoms with Crippen molar-refractivity contribution in [2.75, 3.05) is 13.7 Å². The van der Waals surface area contributed by atoms with Crippen LogP contribution in [-0.4, -0.2) is 60.8 Å². The minimum Gasteiger partial charge on any atom is -0.664 e. The third-order valence-corrected chi connectivity index (χ3v) is 12.3. The monoisotopic (exact) mass is 796 g/mol. The first-order valence-electron chi connectivity index (χ1n) is 20.6. The number of esters is 2. The number of methoxy groups -OCH3 is 1. The first kappa shape index (κ1) is 44.7. The summed E-state index contributed by atoms with van der Waals surface area (Å²) < 4.78 is 11.0. The van der Waals surface area contributed by atoms with Crippen LogP contribution in [0.3, 0.4) is 0 Å². The van der Waals surface area contributed by atoms with E-state index in [2.05, 4.69) is 27.4 Å². The third kappa shape index (κ3) is 8.67. The van der Waals surface area contributed by atoms with Crippen LogP contribution in [0.1, 0.15) is 152 Å². The maximum Gasteiger partial charge on any atom is 2.00 e. The van der Waals surface area contributed by atoms with Crippen molar-refractivity contribution < 1.29 is 28.7 Å². The SMILES string of the molecule is C=Cc1c2[n-]c(c1C)/C=C1\[N-]/C(=C3\c4[n-]c(c(C)c4C(=O)[C@@H]3C(=O)OC)/C=c3\[n-]/c(c(C=O)c3CC)=C\2)[C@@H](CCC(=O)OCCC(C)CCC[C@H](C)CCC)[C@@H]1C.[Mg+2]. The predicted molar refractivity (Wildman–Crippen MR) is 228 cm³/mol. The Balaban J connectivity index is 0.00000641. The third-order valence-electron chi connectivity index (χ3n) is 12.3. The molecule has 8 bridgehead atoms. The molecular formula is C47H56MgN4O6-2. The zero-order chi connectivity index (χ0) is 41.1. The number of nitrogens with zero attached hydrogens (tertiary/aromatic N) is 4. The molecule has 0 aromatic carbocycles. The molecule has 58 heavy (non-hydrogen) atoms. The van der Waals surface area contributed by atoms with Gasteiger partial charge in [-0.1, -0.05) is 120 Å². The fourth-order valence-corrected chi connectivity index (χ4v) is 8.91. The normalized spacial score (nSPS) is 22.3. The van der Waals surface area contributed by atoms with E-state index in [4.69, 9.17) is 29.7 Å². The van der Waals surface area contributed by atoms with Crippen molar-refractivity contribution in [1.82, 2.24) is 15.0 Å². The van der Waals surface area contributed by atoms with Crippen LogP contribution >= 0.6 is 0 Å². The molecule has 1 fully saturated rings. The Morgan fingerprint density at radius 2 is 1.60 bits per heavy atom. The molecule has 3 aromatic heterocycles. The van der Waals surface area contributed by atoms with Crippen LogP contribution in [0.4, 0.5) is 0 Å². The summed E-state index contributed by atoms with van der Waals surface area (Å²) in [6.45, 7) is 19.0. The van der Waals surface area contributed by atoms with Gasteiger partial charge in [-0.2, -0.15) is 11.4 Å². The zero-order valence-electron chi connectivity index (χ0n) is 35.5. The molecule has 3 aromatic rings. The topological polar surface area (TPSA) is 143 Å². The first-order valence-corrected chi connectivity index (χ1v) is 20.6. The minimum atomic E-state index is -1.26. The maximum absolute atomic E-state index is 14.3. The molecule has 0 spiro atoms. The molecule has 0 N–H and O–H groups in total. The van der Waals surface area contributed by atoms with Gasteiger partial charge in [-0.15, -0.1) is 33.5 Å². The van der Waals surface area contributed by atoms with Crippen LogP contribution in [0, 0.1) is 43.4 Å². The molecule has 10 nitrogen and oxygen atoms in total. The van der Waals surface area contributed by atoms with E-state index in [0.29, 0.717) is 92.5 Å². The molecular weight excluding hydrogens is 741 g/mol. The fraction of sp³-hybridized carbons (Fsp3) is 0.489. The second-order valence-electron chi connectivity index (χ2n) is 16.2. The Morgan fingerprint density at radius 3 is 2.26 bits per heavy atom. The molecule has 6 rings (SSSR count). The average Bonchev–Trinajstić information content (AvgIpc) is 3.94. The maximum atomic E-state index is 14.3. The van der Waals surface area contributed by atoms with E-state index >= 15 is 0 Å². The van der Waals surface area contributed by atoms with Crippen molar-refractivity contribution in [2.45, 2.75) is 106 Å². The summed E-state index contributed by atoms with van der Waals surface area (Å²) in [5, 5.41) is 6.24. The quantitative estimate of drug-likeness (QED) is 0.0641. The summed E-state index contributed by atoms with van der Waals surface area (Å²) in [6.07, 6.45) is 16.0. The van der Waals surface area contributed by atoms with E-state index in [1.165, 1.54) is 32.8 Å². The van der Waals surface area contributed by atoms with E-state index in [1.807, 2.05) is 39.8 Å². The second-order valence-corrected chi connectivity index (χ2v) is 16.2. The zero-order valence-corrected chi connectivity index (χ0v) is 36.9. The molecule has 5 heterocycles. The molecule has 2 aliphatic heterocycles. The van der Waals surface area contributed by atoms with Crippen LogP contribution < -0.4 is 25.7 Å². The van der Waals surface area contributed by atoms with Crippen LogP contribution in [0.2, 0.25) is 0 Å². The van der Waals surface area contributed by atoms with Gasteiger partial charge in [0.1, 0.15) is 12.2 Å². The molecule has 0 radical (unpaired) electrons. The number of aldehydes is 1. The average molecular weight is 797 g/mol. The van der Waals surface area contributed by atoms with Gasteiger partial charge < -0.3 is 29.7 Å². The molecule has 0 saturated carbocycles. The van der Waals surface area contributed by atoms with Crippen molar-refractivity contribution in [2.24, 2.45) is 29.6 Å². The number of Topliss-reactive ketones (excluding diaryl/α,β-unsaturated/α-hetero) is 1. The Labute approximate surface area is 358 Å². The minimum absolute atomic E-state index is 0. The van der Waals surface area contributed by atoms with Gasteiger partial charge >= 0.3 is 35.0 Å². The molecule has 1 aliphatic carbocycles. The van der Waals surface area contributed by atoms with E-state index in [9.17, 15) is 19.2 Å². The Bertz CT molecular complexity index is 2270. The molecule has 1 unspecified atom stereocenters. The largest absolute Gasteiger partial charge is 2.00 e. The summed E-state index contributed by atoms with van der Waals surface area (Å²) in [6, 6.07) is 0. The molecule has 0 amide bonds. The van der Waals surface area contributed by atoms with Crippen molar-refractivity contribution in [1.29, 1.82) is 0 Å². The summed E-state index contributed by atoms with van der Waals surface area (Å²) >= 11 is 0. The van der Waals surface area contributed by atoms with Gasteiger partial charge in [0, 0.05) is 17.5 Å². The Hall–Kier alpha value is -4.35. The van der Waals surface area contributed by atoms with E-state index in [0.717, 1.165) is 41.7 Å². The molecule has 304 valence electrons. The number of rotatable bonds is 16. The number of carbonyl (C=O) groups is 4.